The topological polar surface area (TPSA) is 75.3 Å². The van der Waals surface area contributed by atoms with Gasteiger partial charge in [-0.25, -0.2) is 0 Å². The highest BCUT2D eigenvalue weighted by Gasteiger charge is 2.12. The molecule has 20 heavy (non-hydrogen) atoms. The summed E-state index contributed by atoms with van der Waals surface area (Å²) in [4.78, 5) is 16.0. The van der Waals surface area contributed by atoms with Gasteiger partial charge in [-0.1, -0.05) is 6.92 Å². The number of anilines is 2. The number of nitrogens with one attached hydrogen (secondary N) is 3. The van der Waals surface area contributed by atoms with E-state index in [1.165, 1.54) is 0 Å². The minimum absolute atomic E-state index is 0.0611. The zero-order valence-corrected chi connectivity index (χ0v) is 12.4. The molecule has 0 fully saturated rings. The summed E-state index contributed by atoms with van der Waals surface area (Å²) in [5.41, 5.74) is 1.77. The molecule has 1 heterocycles. The Morgan fingerprint density at radius 3 is 2.80 bits per heavy atom. The summed E-state index contributed by atoms with van der Waals surface area (Å²) in [6.45, 7) is 5.84. The summed E-state index contributed by atoms with van der Waals surface area (Å²) in [5, 5.41) is 9.18. The smallest absolute Gasteiger partial charge is 0.242 e. The Morgan fingerprint density at radius 1 is 1.35 bits per heavy atom. The van der Waals surface area contributed by atoms with E-state index in [-0.39, 0.29) is 11.9 Å². The SMILES string of the molecule is CCCNc1cncc(NC(C)C(=O)NCCOC)c1. The number of nitrogens with zero attached hydrogens (tertiary/aromatic N) is 1. The van der Waals surface area contributed by atoms with Gasteiger partial charge in [0.2, 0.25) is 5.91 Å². The van der Waals surface area contributed by atoms with Crippen LogP contribution in [0.15, 0.2) is 18.5 Å². The van der Waals surface area contributed by atoms with Gasteiger partial charge in [-0.15, -0.1) is 0 Å². The molecule has 0 radical (unpaired) electrons. The fourth-order valence-corrected chi connectivity index (χ4v) is 1.63. The number of pyridine rings is 1. The summed E-state index contributed by atoms with van der Waals surface area (Å²) < 4.78 is 4.89. The third-order valence-electron chi connectivity index (χ3n) is 2.70. The molecule has 0 aromatic carbocycles. The van der Waals surface area contributed by atoms with Crippen molar-refractivity contribution in [1.82, 2.24) is 10.3 Å². The Morgan fingerprint density at radius 2 is 2.10 bits per heavy atom. The largest absolute Gasteiger partial charge is 0.384 e. The number of methoxy groups -OCH3 is 1. The van der Waals surface area contributed by atoms with Gasteiger partial charge in [-0.2, -0.15) is 0 Å². The first-order chi connectivity index (χ1) is 9.67. The van der Waals surface area contributed by atoms with Crippen LogP contribution in [0.5, 0.6) is 0 Å². The summed E-state index contributed by atoms with van der Waals surface area (Å²) >= 11 is 0. The molecule has 0 aliphatic heterocycles. The standard InChI is InChI=1S/C14H24N4O2/c1-4-5-16-12-8-13(10-15-9-12)18-11(2)14(19)17-6-7-20-3/h8-11,16,18H,4-7H2,1-3H3,(H,17,19). The van der Waals surface area contributed by atoms with E-state index in [9.17, 15) is 4.79 Å². The molecule has 6 nitrogen and oxygen atoms in total. The lowest BCUT2D eigenvalue weighted by Gasteiger charge is -2.15. The normalized spacial score (nSPS) is 11.8. The maximum Gasteiger partial charge on any atom is 0.242 e. The van der Waals surface area contributed by atoms with Crippen LogP contribution >= 0.6 is 0 Å². The number of hydrogen-bond donors (Lipinski definition) is 3. The Labute approximate surface area is 120 Å². The maximum atomic E-state index is 11.8. The van der Waals surface area contributed by atoms with Gasteiger partial charge < -0.3 is 20.7 Å². The van der Waals surface area contributed by atoms with Crippen molar-refractivity contribution in [3.8, 4) is 0 Å². The Balaban J connectivity index is 2.48. The average Bonchev–Trinajstić information content (AvgIpc) is 2.45. The second kappa shape index (κ2) is 9.14. The summed E-state index contributed by atoms with van der Waals surface area (Å²) in [7, 11) is 1.61. The molecule has 1 atom stereocenters. The van der Waals surface area contributed by atoms with E-state index < -0.39 is 0 Å². The van der Waals surface area contributed by atoms with Crippen molar-refractivity contribution in [2.24, 2.45) is 0 Å². The van der Waals surface area contributed by atoms with Crippen LogP contribution in [0.2, 0.25) is 0 Å². The molecule has 6 heteroatoms. The fraction of sp³-hybridized carbons (Fsp3) is 0.571. The molecule has 0 spiro atoms. The van der Waals surface area contributed by atoms with Crippen LogP contribution in [0, 0.1) is 0 Å². The summed E-state index contributed by atoms with van der Waals surface area (Å²) in [5.74, 6) is -0.0611. The molecule has 1 amide bonds. The van der Waals surface area contributed by atoms with Crippen molar-refractivity contribution in [3.63, 3.8) is 0 Å². The van der Waals surface area contributed by atoms with Crippen molar-refractivity contribution in [2.75, 3.05) is 37.4 Å². The van der Waals surface area contributed by atoms with E-state index in [0.717, 1.165) is 24.3 Å². The number of aromatic nitrogens is 1. The second-order valence-corrected chi connectivity index (χ2v) is 4.54. The first-order valence-corrected chi connectivity index (χ1v) is 6.89. The molecule has 1 aromatic heterocycles. The second-order valence-electron chi connectivity index (χ2n) is 4.54. The molecule has 3 N–H and O–H groups in total. The number of ether oxygens (including phenoxy) is 1. The summed E-state index contributed by atoms with van der Waals surface area (Å²) in [6.07, 6.45) is 4.52. The van der Waals surface area contributed by atoms with Gasteiger partial charge in [0.15, 0.2) is 0 Å². The lowest BCUT2D eigenvalue weighted by Crippen LogP contribution is -2.39. The first-order valence-electron chi connectivity index (χ1n) is 6.89. The Kier molecular flexibility index (Phi) is 7.42. The van der Waals surface area contributed by atoms with E-state index in [2.05, 4.69) is 27.9 Å². The predicted octanol–water partition coefficient (Wildman–Crippen LogP) is 1.47. The zero-order chi connectivity index (χ0) is 14.8. The van der Waals surface area contributed by atoms with E-state index >= 15 is 0 Å². The van der Waals surface area contributed by atoms with Crippen molar-refractivity contribution in [2.45, 2.75) is 26.3 Å². The number of amides is 1. The lowest BCUT2D eigenvalue weighted by molar-refractivity contribution is -0.121. The van der Waals surface area contributed by atoms with Crippen LogP contribution in [0.4, 0.5) is 11.4 Å². The monoisotopic (exact) mass is 280 g/mol. The molecular formula is C14H24N4O2. The quantitative estimate of drug-likeness (QED) is 0.597. The van der Waals surface area contributed by atoms with Crippen molar-refractivity contribution in [1.29, 1.82) is 0 Å². The van der Waals surface area contributed by atoms with Gasteiger partial charge in [-0.05, 0) is 19.4 Å². The molecule has 0 aliphatic rings. The van der Waals surface area contributed by atoms with Crippen LogP contribution in [-0.4, -0.2) is 43.7 Å². The molecule has 1 unspecified atom stereocenters. The molecule has 112 valence electrons. The van der Waals surface area contributed by atoms with Crippen LogP contribution in [0.1, 0.15) is 20.3 Å². The van der Waals surface area contributed by atoms with Crippen LogP contribution < -0.4 is 16.0 Å². The van der Waals surface area contributed by atoms with Gasteiger partial charge in [-0.3, -0.25) is 9.78 Å². The Bertz CT molecular complexity index is 412. The van der Waals surface area contributed by atoms with Crippen LogP contribution in [0.25, 0.3) is 0 Å². The Hall–Kier alpha value is -1.82. The van der Waals surface area contributed by atoms with E-state index in [1.54, 1.807) is 19.5 Å². The van der Waals surface area contributed by atoms with E-state index in [1.807, 2.05) is 13.0 Å². The number of rotatable bonds is 9. The summed E-state index contributed by atoms with van der Waals surface area (Å²) in [6, 6.07) is 1.62. The third-order valence-corrected chi connectivity index (χ3v) is 2.70. The number of hydrogen-bond acceptors (Lipinski definition) is 5. The van der Waals surface area contributed by atoms with Gasteiger partial charge in [0, 0.05) is 20.2 Å². The van der Waals surface area contributed by atoms with E-state index in [4.69, 9.17) is 4.74 Å². The van der Waals surface area contributed by atoms with Crippen molar-refractivity contribution >= 4 is 17.3 Å². The van der Waals surface area contributed by atoms with Gasteiger partial charge >= 0.3 is 0 Å². The average molecular weight is 280 g/mol. The lowest BCUT2D eigenvalue weighted by atomic mass is 10.2. The maximum absolute atomic E-state index is 11.8. The molecule has 0 aliphatic carbocycles. The highest BCUT2D eigenvalue weighted by Crippen LogP contribution is 2.13. The predicted molar refractivity (Wildman–Crippen MR) is 81.0 cm³/mol. The number of carbonyl (C=O) groups is 1. The molecule has 0 saturated heterocycles. The van der Waals surface area contributed by atoms with Gasteiger partial charge in [0.25, 0.3) is 0 Å². The third kappa shape index (κ3) is 5.88. The van der Waals surface area contributed by atoms with Crippen LogP contribution in [-0.2, 0) is 9.53 Å². The minimum atomic E-state index is -0.324. The molecule has 0 bridgehead atoms. The van der Waals surface area contributed by atoms with Crippen molar-refractivity contribution < 1.29 is 9.53 Å². The molecule has 1 rings (SSSR count). The molecule has 0 saturated carbocycles. The minimum Gasteiger partial charge on any atom is -0.384 e. The fourth-order valence-electron chi connectivity index (χ4n) is 1.63. The molecule has 1 aromatic rings. The van der Waals surface area contributed by atoms with Crippen LogP contribution in [0.3, 0.4) is 0 Å². The highest BCUT2D eigenvalue weighted by atomic mass is 16.5. The number of carbonyl (C=O) groups excluding carboxylic acids is 1. The first kappa shape index (κ1) is 16.2. The van der Waals surface area contributed by atoms with Crippen molar-refractivity contribution in [3.05, 3.63) is 18.5 Å². The molecular weight excluding hydrogens is 256 g/mol. The van der Waals surface area contributed by atoms with E-state index in [0.29, 0.717) is 13.2 Å². The highest BCUT2D eigenvalue weighted by molar-refractivity contribution is 5.84. The zero-order valence-electron chi connectivity index (χ0n) is 12.4. The van der Waals surface area contributed by atoms with Gasteiger partial charge in [0.05, 0.1) is 30.4 Å². The van der Waals surface area contributed by atoms with Gasteiger partial charge in [0.1, 0.15) is 6.04 Å².